The fraction of sp³-hybridized carbons (Fsp3) is 0.652. The maximum absolute atomic E-state index is 12.3. The van der Waals surface area contributed by atoms with Crippen LogP contribution in [0, 0.1) is 0 Å². The standard InChI is InChI=1S/C23H37N3O2/c1-3-14-26(15-4-2)23(28)13-9-12-22(27)24-21-11-8-10-20(18-21)19-25-16-6-5-7-17-25/h8,10-11,18H,3-7,9,12-17,19H2,1-2H3,(H,24,27). The summed E-state index contributed by atoms with van der Waals surface area (Å²) in [6.07, 6.45) is 7.27. The van der Waals surface area contributed by atoms with E-state index in [9.17, 15) is 9.59 Å². The molecule has 2 amide bonds. The van der Waals surface area contributed by atoms with E-state index in [2.05, 4.69) is 36.2 Å². The van der Waals surface area contributed by atoms with Gasteiger partial charge in [-0.1, -0.05) is 32.4 Å². The topological polar surface area (TPSA) is 52.7 Å². The number of anilines is 1. The molecule has 5 nitrogen and oxygen atoms in total. The molecule has 0 atom stereocenters. The molecule has 0 bridgehead atoms. The van der Waals surface area contributed by atoms with Crippen molar-refractivity contribution in [2.24, 2.45) is 0 Å². The largest absolute Gasteiger partial charge is 0.343 e. The Morgan fingerprint density at radius 3 is 2.43 bits per heavy atom. The van der Waals surface area contributed by atoms with Crippen molar-refractivity contribution in [2.75, 3.05) is 31.5 Å². The van der Waals surface area contributed by atoms with Gasteiger partial charge in [0.05, 0.1) is 0 Å². The van der Waals surface area contributed by atoms with E-state index in [0.29, 0.717) is 19.3 Å². The number of hydrogen-bond acceptors (Lipinski definition) is 3. The van der Waals surface area contributed by atoms with Crippen LogP contribution >= 0.6 is 0 Å². The van der Waals surface area contributed by atoms with Crippen LogP contribution in [-0.4, -0.2) is 47.8 Å². The van der Waals surface area contributed by atoms with Crippen molar-refractivity contribution in [3.8, 4) is 0 Å². The molecule has 0 aliphatic carbocycles. The first kappa shape index (κ1) is 22.4. The number of hydrogen-bond donors (Lipinski definition) is 1. The van der Waals surface area contributed by atoms with E-state index in [1.807, 2.05) is 17.0 Å². The van der Waals surface area contributed by atoms with Gasteiger partial charge in [0, 0.05) is 38.2 Å². The molecule has 28 heavy (non-hydrogen) atoms. The monoisotopic (exact) mass is 387 g/mol. The molecule has 0 saturated carbocycles. The third-order valence-electron chi connectivity index (χ3n) is 5.20. The van der Waals surface area contributed by atoms with E-state index in [4.69, 9.17) is 0 Å². The molecule has 2 rings (SSSR count). The normalized spacial score (nSPS) is 14.6. The van der Waals surface area contributed by atoms with Crippen LogP contribution in [0.4, 0.5) is 5.69 Å². The molecule has 156 valence electrons. The van der Waals surface area contributed by atoms with Gasteiger partial charge in [0.15, 0.2) is 0 Å². The number of rotatable bonds is 11. The summed E-state index contributed by atoms with van der Waals surface area (Å²) in [6, 6.07) is 8.14. The van der Waals surface area contributed by atoms with Gasteiger partial charge in [0.25, 0.3) is 0 Å². The highest BCUT2D eigenvalue weighted by Gasteiger charge is 2.13. The second-order valence-electron chi connectivity index (χ2n) is 7.82. The lowest BCUT2D eigenvalue weighted by Gasteiger charge is -2.26. The summed E-state index contributed by atoms with van der Waals surface area (Å²) < 4.78 is 0. The molecule has 0 spiro atoms. The minimum atomic E-state index is -0.0135. The van der Waals surface area contributed by atoms with Crippen LogP contribution in [0.1, 0.15) is 70.8 Å². The van der Waals surface area contributed by atoms with Gasteiger partial charge < -0.3 is 10.2 Å². The molecule has 1 N–H and O–H groups in total. The molecular weight excluding hydrogens is 350 g/mol. The number of nitrogens with zero attached hydrogens (tertiary/aromatic N) is 2. The van der Waals surface area contributed by atoms with Crippen molar-refractivity contribution in [2.45, 2.75) is 71.8 Å². The molecule has 5 heteroatoms. The minimum Gasteiger partial charge on any atom is -0.343 e. The lowest BCUT2D eigenvalue weighted by molar-refractivity contribution is -0.131. The van der Waals surface area contributed by atoms with Crippen molar-refractivity contribution >= 4 is 17.5 Å². The van der Waals surface area contributed by atoms with E-state index >= 15 is 0 Å². The van der Waals surface area contributed by atoms with Gasteiger partial charge in [-0.05, 0) is 62.9 Å². The van der Waals surface area contributed by atoms with E-state index in [1.165, 1.54) is 24.8 Å². The quantitative estimate of drug-likeness (QED) is 0.611. The molecule has 0 aromatic heterocycles. The van der Waals surface area contributed by atoms with Gasteiger partial charge in [-0.25, -0.2) is 0 Å². The van der Waals surface area contributed by atoms with Crippen molar-refractivity contribution in [1.82, 2.24) is 9.80 Å². The first-order valence-electron chi connectivity index (χ1n) is 11.0. The Balaban J connectivity index is 1.74. The average molecular weight is 388 g/mol. The molecule has 1 aromatic carbocycles. The summed E-state index contributed by atoms with van der Waals surface area (Å²) in [5, 5.41) is 2.99. The molecule has 1 aliphatic heterocycles. The summed E-state index contributed by atoms with van der Waals surface area (Å²) in [6.45, 7) is 9.06. The Hall–Kier alpha value is -1.88. The summed E-state index contributed by atoms with van der Waals surface area (Å²) in [4.78, 5) is 29.0. The van der Waals surface area contributed by atoms with Gasteiger partial charge in [-0.15, -0.1) is 0 Å². The Kier molecular flexibility index (Phi) is 10.0. The first-order chi connectivity index (χ1) is 13.6. The Bertz CT molecular complexity index is 606. The zero-order chi connectivity index (χ0) is 20.2. The SMILES string of the molecule is CCCN(CCC)C(=O)CCCC(=O)Nc1cccc(CN2CCCCC2)c1. The predicted octanol–water partition coefficient (Wildman–Crippen LogP) is 4.43. The van der Waals surface area contributed by atoms with Crippen LogP contribution in [-0.2, 0) is 16.1 Å². The smallest absolute Gasteiger partial charge is 0.224 e. The minimum absolute atomic E-state index is 0.0135. The fourth-order valence-electron chi connectivity index (χ4n) is 3.81. The van der Waals surface area contributed by atoms with Crippen molar-refractivity contribution < 1.29 is 9.59 Å². The summed E-state index contributed by atoms with van der Waals surface area (Å²) in [7, 11) is 0. The Morgan fingerprint density at radius 1 is 1.04 bits per heavy atom. The van der Waals surface area contributed by atoms with Gasteiger partial charge in [-0.2, -0.15) is 0 Å². The van der Waals surface area contributed by atoms with Crippen molar-refractivity contribution in [3.05, 3.63) is 29.8 Å². The highest BCUT2D eigenvalue weighted by molar-refractivity contribution is 5.91. The second-order valence-corrected chi connectivity index (χ2v) is 7.82. The first-order valence-corrected chi connectivity index (χ1v) is 11.0. The highest BCUT2D eigenvalue weighted by Crippen LogP contribution is 2.16. The summed E-state index contributed by atoms with van der Waals surface area (Å²) >= 11 is 0. The maximum atomic E-state index is 12.3. The van der Waals surface area contributed by atoms with E-state index in [1.54, 1.807) is 0 Å². The van der Waals surface area contributed by atoms with Crippen molar-refractivity contribution in [3.63, 3.8) is 0 Å². The molecule has 1 fully saturated rings. The lowest BCUT2D eigenvalue weighted by Crippen LogP contribution is -2.32. The van der Waals surface area contributed by atoms with Crippen LogP contribution in [0.3, 0.4) is 0 Å². The van der Waals surface area contributed by atoms with Crippen molar-refractivity contribution in [1.29, 1.82) is 0 Å². The van der Waals surface area contributed by atoms with Gasteiger partial charge >= 0.3 is 0 Å². The van der Waals surface area contributed by atoms with Crippen LogP contribution in [0.15, 0.2) is 24.3 Å². The third kappa shape index (κ3) is 8.01. The zero-order valence-corrected chi connectivity index (χ0v) is 17.7. The number of likely N-dealkylation sites (tertiary alicyclic amines) is 1. The van der Waals surface area contributed by atoms with Crippen LogP contribution in [0.25, 0.3) is 0 Å². The number of carbonyl (C=O) groups excluding carboxylic acids is 2. The number of nitrogens with one attached hydrogen (secondary N) is 1. The summed E-state index contributed by atoms with van der Waals surface area (Å²) in [5.74, 6) is 0.153. The number of amides is 2. The van der Waals surface area contributed by atoms with E-state index in [-0.39, 0.29) is 11.8 Å². The molecule has 1 aliphatic rings. The third-order valence-corrected chi connectivity index (χ3v) is 5.20. The zero-order valence-electron chi connectivity index (χ0n) is 17.7. The van der Waals surface area contributed by atoms with E-state index < -0.39 is 0 Å². The Labute approximate surface area is 170 Å². The lowest BCUT2D eigenvalue weighted by atomic mass is 10.1. The molecule has 0 unspecified atom stereocenters. The van der Waals surface area contributed by atoms with Crippen LogP contribution in [0.2, 0.25) is 0 Å². The predicted molar refractivity (Wildman–Crippen MR) is 115 cm³/mol. The van der Waals surface area contributed by atoms with Gasteiger partial charge in [0.2, 0.25) is 11.8 Å². The average Bonchev–Trinajstić information content (AvgIpc) is 2.69. The Morgan fingerprint density at radius 2 is 1.75 bits per heavy atom. The molecular formula is C23H37N3O2. The molecule has 1 aromatic rings. The number of benzene rings is 1. The van der Waals surface area contributed by atoms with Gasteiger partial charge in [-0.3, -0.25) is 14.5 Å². The number of carbonyl (C=O) groups is 2. The van der Waals surface area contributed by atoms with Crippen LogP contribution < -0.4 is 5.32 Å². The second kappa shape index (κ2) is 12.6. The fourth-order valence-corrected chi connectivity index (χ4v) is 3.81. The highest BCUT2D eigenvalue weighted by atomic mass is 16.2. The van der Waals surface area contributed by atoms with Crippen LogP contribution in [0.5, 0.6) is 0 Å². The molecule has 0 radical (unpaired) electrons. The molecule has 1 saturated heterocycles. The maximum Gasteiger partial charge on any atom is 0.224 e. The van der Waals surface area contributed by atoms with Gasteiger partial charge in [0.1, 0.15) is 0 Å². The number of piperidine rings is 1. The van der Waals surface area contributed by atoms with E-state index in [0.717, 1.165) is 51.3 Å². The molecule has 1 heterocycles. The summed E-state index contributed by atoms with van der Waals surface area (Å²) in [5.41, 5.74) is 2.09.